The number of fused-ring (bicyclic) bond motifs is 1. The highest BCUT2D eigenvalue weighted by Crippen LogP contribution is 2.46. The number of hydrogen-bond acceptors (Lipinski definition) is 7. The third kappa shape index (κ3) is 7.97. The zero-order valence-corrected chi connectivity index (χ0v) is 25.9. The fourth-order valence-corrected chi connectivity index (χ4v) is 7.26. The van der Waals surface area contributed by atoms with Crippen LogP contribution in [-0.2, 0) is 14.4 Å². The van der Waals surface area contributed by atoms with Crippen LogP contribution in [0, 0.1) is 17.8 Å². The van der Waals surface area contributed by atoms with Gasteiger partial charge in [0.15, 0.2) is 0 Å². The van der Waals surface area contributed by atoms with E-state index in [-0.39, 0.29) is 18.4 Å². The number of carbonyl (C=O) groups is 3. The molecule has 2 fully saturated rings. The summed E-state index contributed by atoms with van der Waals surface area (Å²) in [5.41, 5.74) is 7.35. The number of unbranched alkanes of at least 4 members (excludes halogenated alkanes) is 3. The Labute approximate surface area is 260 Å². The molecule has 2 amide bonds. The number of carboxylic acid groups (broad SMARTS) is 1. The molecule has 11 heteroatoms. The van der Waals surface area contributed by atoms with E-state index in [4.69, 9.17) is 22.1 Å². The van der Waals surface area contributed by atoms with E-state index in [1.807, 2.05) is 36.4 Å². The predicted molar refractivity (Wildman–Crippen MR) is 168 cm³/mol. The monoisotopic (exact) mass is 626 g/mol. The SMILES string of the molecule is CC(CCCCCC[C@H](Nc1cccc(Cl)c1)C(=O)N1CC(Oc2nc3ccccc3s2)C[C@H]1C(N)=O)[C@@H]1C[C@@H]1C(=O)O. The van der Waals surface area contributed by atoms with Gasteiger partial charge in [-0.1, -0.05) is 80.2 Å². The lowest BCUT2D eigenvalue weighted by Crippen LogP contribution is -2.49. The number of para-hydroxylation sites is 1. The molecule has 0 bridgehead atoms. The van der Waals surface area contributed by atoms with Gasteiger partial charge in [0.2, 0.25) is 11.8 Å². The summed E-state index contributed by atoms with van der Waals surface area (Å²) >= 11 is 7.65. The maximum Gasteiger partial charge on any atom is 0.306 e. The Hall–Kier alpha value is -3.37. The molecule has 6 atom stereocenters. The Morgan fingerprint density at radius 1 is 1.12 bits per heavy atom. The molecule has 4 N–H and O–H groups in total. The van der Waals surface area contributed by atoms with Gasteiger partial charge in [-0.25, -0.2) is 4.98 Å². The van der Waals surface area contributed by atoms with Gasteiger partial charge in [-0.2, -0.15) is 0 Å². The summed E-state index contributed by atoms with van der Waals surface area (Å²) < 4.78 is 7.16. The second-order valence-corrected chi connectivity index (χ2v) is 13.3. The zero-order valence-electron chi connectivity index (χ0n) is 24.3. The van der Waals surface area contributed by atoms with Crippen molar-refractivity contribution in [1.82, 2.24) is 9.88 Å². The Morgan fingerprint density at radius 2 is 1.88 bits per heavy atom. The standard InChI is InChI=1S/C32H39ClN4O5S/c1-19(23-17-24(23)31(40)41)9-4-2-3-5-13-26(35-21-11-8-10-20(33)15-21)30(39)37-18-22(16-27(37)29(34)38)42-32-36-25-12-6-7-14-28(25)43-32/h6-8,10-12,14-15,19,22-24,26-27,35H,2-5,9,13,16-18H2,1H3,(H2,34,38)(H,40,41)/t19?,22?,23-,24-,26-,27-/m0/s1. The number of aliphatic carboxylic acids is 1. The molecule has 1 saturated heterocycles. The van der Waals surface area contributed by atoms with E-state index in [1.54, 1.807) is 17.0 Å². The molecule has 1 aliphatic carbocycles. The highest BCUT2D eigenvalue weighted by molar-refractivity contribution is 7.20. The van der Waals surface area contributed by atoms with E-state index in [1.165, 1.54) is 11.3 Å². The van der Waals surface area contributed by atoms with E-state index in [2.05, 4.69) is 17.2 Å². The highest BCUT2D eigenvalue weighted by atomic mass is 35.5. The number of nitrogens with two attached hydrogens (primary N) is 1. The molecular weight excluding hydrogens is 588 g/mol. The molecule has 3 aromatic rings. The summed E-state index contributed by atoms with van der Waals surface area (Å²) in [5.74, 6) is -0.867. The largest absolute Gasteiger partial charge is 0.481 e. The quantitative estimate of drug-likeness (QED) is 0.177. The van der Waals surface area contributed by atoms with Gasteiger partial charge in [-0.05, 0) is 55.0 Å². The Bertz CT molecular complexity index is 1420. The minimum absolute atomic E-state index is 0.166. The first-order valence-corrected chi connectivity index (χ1v) is 16.3. The van der Waals surface area contributed by atoms with Gasteiger partial charge in [-0.15, -0.1) is 0 Å². The van der Waals surface area contributed by atoms with Crippen LogP contribution in [0.1, 0.15) is 58.3 Å². The van der Waals surface area contributed by atoms with E-state index in [0.717, 1.165) is 54.4 Å². The van der Waals surface area contributed by atoms with Crippen molar-refractivity contribution in [3.05, 3.63) is 53.6 Å². The van der Waals surface area contributed by atoms with Gasteiger partial charge in [-0.3, -0.25) is 14.4 Å². The number of ether oxygens (including phenoxy) is 1. The van der Waals surface area contributed by atoms with Crippen LogP contribution in [0.2, 0.25) is 5.02 Å². The van der Waals surface area contributed by atoms with Crippen LogP contribution >= 0.6 is 22.9 Å². The van der Waals surface area contributed by atoms with Crippen LogP contribution < -0.4 is 15.8 Å². The summed E-state index contributed by atoms with van der Waals surface area (Å²) in [6, 6.07) is 13.7. The number of nitrogens with zero attached hydrogens (tertiary/aromatic N) is 2. The number of carbonyl (C=O) groups excluding carboxylic acids is 2. The lowest BCUT2D eigenvalue weighted by atomic mass is 9.96. The Morgan fingerprint density at radius 3 is 2.58 bits per heavy atom. The summed E-state index contributed by atoms with van der Waals surface area (Å²) in [7, 11) is 0. The van der Waals surface area contributed by atoms with Gasteiger partial charge < -0.3 is 25.8 Å². The van der Waals surface area contributed by atoms with Gasteiger partial charge >= 0.3 is 5.97 Å². The Kier molecular flexibility index (Phi) is 10.1. The molecule has 1 saturated carbocycles. The number of carboxylic acids is 1. The molecule has 0 spiro atoms. The number of nitrogens with one attached hydrogen (secondary N) is 1. The molecule has 5 rings (SSSR count). The van der Waals surface area contributed by atoms with Crippen LogP contribution in [0.3, 0.4) is 0 Å². The van der Waals surface area contributed by atoms with Crippen molar-refractivity contribution in [2.75, 3.05) is 11.9 Å². The molecule has 2 unspecified atom stereocenters. The van der Waals surface area contributed by atoms with Crippen LogP contribution in [-0.4, -0.2) is 57.5 Å². The summed E-state index contributed by atoms with van der Waals surface area (Å²) in [5, 5.41) is 13.6. The number of hydrogen-bond donors (Lipinski definition) is 3. The second-order valence-electron chi connectivity index (χ2n) is 11.9. The third-order valence-electron chi connectivity index (χ3n) is 8.67. The average Bonchev–Trinajstić information content (AvgIpc) is 3.52. The number of anilines is 1. The molecule has 1 aliphatic heterocycles. The van der Waals surface area contributed by atoms with E-state index in [0.29, 0.717) is 34.9 Å². The number of likely N-dealkylation sites (tertiary alicyclic amines) is 1. The lowest BCUT2D eigenvalue weighted by Gasteiger charge is -2.28. The van der Waals surface area contributed by atoms with Crippen LogP contribution in [0.15, 0.2) is 48.5 Å². The summed E-state index contributed by atoms with van der Waals surface area (Å²) in [4.78, 5) is 43.7. The molecule has 0 radical (unpaired) electrons. The first kappa shape index (κ1) is 31.1. The van der Waals surface area contributed by atoms with Crippen LogP contribution in [0.5, 0.6) is 5.19 Å². The van der Waals surface area contributed by atoms with Gasteiger partial charge in [0.25, 0.3) is 5.19 Å². The molecule has 43 heavy (non-hydrogen) atoms. The third-order valence-corrected chi connectivity index (χ3v) is 9.83. The van der Waals surface area contributed by atoms with Crippen LogP contribution in [0.4, 0.5) is 5.69 Å². The highest BCUT2D eigenvalue weighted by Gasteiger charge is 2.46. The molecule has 1 aromatic heterocycles. The molecule has 9 nitrogen and oxygen atoms in total. The number of rotatable bonds is 15. The smallest absolute Gasteiger partial charge is 0.306 e. The van der Waals surface area contributed by atoms with Crippen molar-refractivity contribution < 1.29 is 24.2 Å². The summed E-state index contributed by atoms with van der Waals surface area (Å²) in [6.45, 7) is 2.39. The molecule has 230 valence electrons. The van der Waals surface area contributed by atoms with Gasteiger partial charge in [0.05, 0.1) is 22.7 Å². The molecular formula is C32H39ClN4O5S. The van der Waals surface area contributed by atoms with Crippen LogP contribution in [0.25, 0.3) is 10.2 Å². The number of aromatic nitrogens is 1. The van der Waals surface area contributed by atoms with E-state index < -0.39 is 30.1 Å². The van der Waals surface area contributed by atoms with Crippen molar-refractivity contribution >= 4 is 56.6 Å². The number of primary amides is 1. The van der Waals surface area contributed by atoms with Crippen molar-refractivity contribution in [2.45, 2.75) is 76.5 Å². The van der Waals surface area contributed by atoms with E-state index in [9.17, 15) is 19.5 Å². The minimum Gasteiger partial charge on any atom is -0.481 e. The maximum atomic E-state index is 14.0. The van der Waals surface area contributed by atoms with Crippen molar-refractivity contribution in [3.8, 4) is 5.19 Å². The van der Waals surface area contributed by atoms with Crippen molar-refractivity contribution in [1.29, 1.82) is 0 Å². The van der Waals surface area contributed by atoms with E-state index >= 15 is 0 Å². The Balaban J connectivity index is 1.19. The van der Waals surface area contributed by atoms with Gasteiger partial charge in [0.1, 0.15) is 18.2 Å². The number of amides is 2. The molecule has 2 heterocycles. The topological polar surface area (TPSA) is 135 Å². The predicted octanol–water partition coefficient (Wildman–Crippen LogP) is 5.96. The number of thiazole rings is 1. The molecule has 2 aliphatic rings. The van der Waals surface area contributed by atoms with Crippen molar-refractivity contribution in [2.24, 2.45) is 23.5 Å². The normalized spacial score (nSPS) is 22.7. The first-order valence-electron chi connectivity index (χ1n) is 15.1. The summed E-state index contributed by atoms with van der Waals surface area (Å²) in [6.07, 6.45) is 6.11. The zero-order chi connectivity index (χ0) is 30.5. The second kappa shape index (κ2) is 13.9. The molecule has 2 aromatic carbocycles. The minimum atomic E-state index is -0.769. The first-order chi connectivity index (χ1) is 20.7. The van der Waals surface area contributed by atoms with Crippen molar-refractivity contribution in [3.63, 3.8) is 0 Å². The fraction of sp³-hybridized carbons (Fsp3) is 0.500. The van der Waals surface area contributed by atoms with Gasteiger partial charge in [0, 0.05) is 17.1 Å². The number of benzene rings is 2. The maximum absolute atomic E-state index is 14.0. The number of halogens is 1. The average molecular weight is 627 g/mol. The fourth-order valence-electron chi connectivity index (χ4n) is 6.19. The lowest BCUT2D eigenvalue weighted by molar-refractivity contribution is -0.139.